The lowest BCUT2D eigenvalue weighted by Gasteiger charge is -2.21. The van der Waals surface area contributed by atoms with E-state index in [1.165, 1.54) is 4.31 Å². The van der Waals surface area contributed by atoms with E-state index in [9.17, 15) is 13.8 Å². The normalized spacial score (nSPS) is 11.3. The van der Waals surface area contributed by atoms with Crippen molar-refractivity contribution in [3.63, 3.8) is 0 Å². The van der Waals surface area contributed by atoms with Crippen LogP contribution in [0.5, 0.6) is 0 Å². The predicted molar refractivity (Wildman–Crippen MR) is 117 cm³/mol. The monoisotopic (exact) mass is 404 g/mol. The second kappa shape index (κ2) is 8.72. The van der Waals surface area contributed by atoms with Gasteiger partial charge in [-0.1, -0.05) is 66.2 Å². The molecule has 0 N–H and O–H groups in total. The number of hydrogen-bond donors (Lipinski definition) is 0. The van der Waals surface area contributed by atoms with Crippen LogP contribution in [0.25, 0.3) is 11.1 Å². The molecule has 0 aliphatic heterocycles. The third kappa shape index (κ3) is 4.53. The van der Waals surface area contributed by atoms with Gasteiger partial charge in [-0.05, 0) is 43.2 Å². The molecule has 3 aromatic rings. The Hall–Kier alpha value is -3.43. The van der Waals surface area contributed by atoms with Crippen LogP contribution in [-0.4, -0.2) is 15.0 Å². The number of benzene rings is 3. The molecule has 0 atom stereocenters. The summed E-state index contributed by atoms with van der Waals surface area (Å²) in [4.78, 5) is 3.44. The molecule has 146 valence electrons. The lowest BCUT2D eigenvalue weighted by molar-refractivity contribution is 0.593. The van der Waals surface area contributed by atoms with Crippen LogP contribution in [0.4, 0.5) is 11.4 Å². The molecule has 0 radical (unpaired) electrons. The molecule has 3 rings (SSSR count). The number of aryl methyl sites for hydroxylation is 2. The Morgan fingerprint density at radius 1 is 0.931 bits per heavy atom. The standard InChI is InChI=1S/C23H22N3O2S/c1-18-13-15-21(16-14-18)29(27,28)26(23-12-6-5-11-22(23)25-24)17-7-10-20-9-4-3-8-19(20)2/h3-16H,17H2,1-2H3/q+1/b10-7+. The second-order valence-electron chi connectivity index (χ2n) is 6.70. The van der Waals surface area contributed by atoms with Gasteiger partial charge in [0.15, 0.2) is 4.98 Å². The van der Waals surface area contributed by atoms with Gasteiger partial charge in [0.05, 0.1) is 11.4 Å². The van der Waals surface area contributed by atoms with Crippen LogP contribution in [0.15, 0.2) is 83.8 Å². The van der Waals surface area contributed by atoms with E-state index in [0.29, 0.717) is 5.69 Å². The maximum atomic E-state index is 13.4. The van der Waals surface area contributed by atoms with E-state index in [2.05, 4.69) is 4.98 Å². The van der Waals surface area contributed by atoms with Crippen LogP contribution in [0.2, 0.25) is 0 Å². The summed E-state index contributed by atoms with van der Waals surface area (Å²) < 4.78 is 28.0. The Morgan fingerprint density at radius 3 is 2.28 bits per heavy atom. The molecule has 0 saturated heterocycles. The summed E-state index contributed by atoms with van der Waals surface area (Å²) in [6, 6.07) is 21.2. The summed E-state index contributed by atoms with van der Waals surface area (Å²) in [6.07, 6.45) is 3.69. The fourth-order valence-corrected chi connectivity index (χ4v) is 4.40. The number of anilines is 1. The van der Waals surface area contributed by atoms with Crippen LogP contribution in [0.3, 0.4) is 0 Å². The van der Waals surface area contributed by atoms with E-state index in [-0.39, 0.29) is 17.1 Å². The molecule has 0 bridgehead atoms. The van der Waals surface area contributed by atoms with Gasteiger partial charge in [-0.15, -0.1) is 0 Å². The molecule has 0 aromatic heterocycles. The number of nitrogens with zero attached hydrogens (tertiary/aromatic N) is 3. The van der Waals surface area contributed by atoms with Crippen molar-refractivity contribution in [3.05, 3.63) is 101 Å². The molecule has 0 aliphatic rings. The third-order valence-corrected chi connectivity index (χ3v) is 6.42. The molecule has 0 spiro atoms. The molecule has 0 amide bonds. The summed E-state index contributed by atoms with van der Waals surface area (Å²) in [7, 11) is -3.86. The molecular formula is C23H22N3O2S+. The number of hydrogen-bond acceptors (Lipinski definition) is 3. The molecule has 0 unspecified atom stereocenters. The average molecular weight is 405 g/mol. The fourth-order valence-electron chi connectivity index (χ4n) is 2.97. The second-order valence-corrected chi connectivity index (χ2v) is 8.56. The highest BCUT2D eigenvalue weighted by atomic mass is 32.2. The van der Waals surface area contributed by atoms with Gasteiger partial charge in [0, 0.05) is 6.07 Å². The maximum absolute atomic E-state index is 13.4. The number of rotatable bonds is 6. The maximum Gasteiger partial charge on any atom is 0.409 e. The lowest BCUT2D eigenvalue weighted by atomic mass is 10.1. The average Bonchev–Trinajstić information content (AvgIpc) is 2.72. The Balaban J connectivity index is 2.04. The fraction of sp³-hybridized carbons (Fsp3) is 0.130. The summed E-state index contributed by atoms with van der Waals surface area (Å²) in [5.74, 6) is 0. The van der Waals surface area contributed by atoms with E-state index in [1.807, 2.05) is 44.2 Å². The SMILES string of the molecule is Cc1ccc(S(=O)(=O)N(C/C=C/c2ccccc2C)c2ccccc2[N+]#N)cc1. The van der Waals surface area contributed by atoms with Crippen LogP contribution < -0.4 is 4.31 Å². The Morgan fingerprint density at radius 2 is 1.59 bits per heavy atom. The van der Waals surface area contributed by atoms with Crippen molar-refractivity contribution in [1.82, 2.24) is 0 Å². The van der Waals surface area contributed by atoms with Gasteiger partial charge in [0.25, 0.3) is 10.0 Å². The molecular weight excluding hydrogens is 382 g/mol. The summed E-state index contributed by atoms with van der Waals surface area (Å²) in [5.41, 5.74) is 3.58. The van der Waals surface area contributed by atoms with Gasteiger partial charge < -0.3 is 0 Å². The Kier molecular flexibility index (Phi) is 6.10. The largest absolute Gasteiger partial charge is 0.409 e. The van der Waals surface area contributed by atoms with Crippen LogP contribution in [0, 0.1) is 19.2 Å². The van der Waals surface area contributed by atoms with Gasteiger partial charge in [0.1, 0.15) is 5.69 Å². The van der Waals surface area contributed by atoms with E-state index >= 15 is 0 Å². The van der Waals surface area contributed by atoms with Gasteiger partial charge in [-0.2, -0.15) is 0 Å². The van der Waals surface area contributed by atoms with E-state index < -0.39 is 10.0 Å². The van der Waals surface area contributed by atoms with Crippen molar-refractivity contribution in [2.24, 2.45) is 0 Å². The van der Waals surface area contributed by atoms with Gasteiger partial charge in [-0.25, -0.2) is 8.42 Å². The lowest BCUT2D eigenvalue weighted by Crippen LogP contribution is -2.31. The highest BCUT2D eigenvalue weighted by Gasteiger charge is 2.29. The van der Waals surface area contributed by atoms with Crippen molar-refractivity contribution >= 4 is 27.5 Å². The number of para-hydroxylation sites is 1. The molecule has 0 fully saturated rings. The van der Waals surface area contributed by atoms with Crippen LogP contribution in [-0.2, 0) is 10.0 Å². The smallest absolute Gasteiger partial charge is 0.254 e. The van der Waals surface area contributed by atoms with Crippen molar-refractivity contribution < 1.29 is 8.42 Å². The third-order valence-electron chi connectivity index (χ3n) is 4.62. The summed E-state index contributed by atoms with van der Waals surface area (Å²) in [6.45, 7) is 4.00. The highest BCUT2D eigenvalue weighted by molar-refractivity contribution is 7.92. The van der Waals surface area contributed by atoms with Crippen LogP contribution in [0.1, 0.15) is 16.7 Å². The quantitative estimate of drug-likeness (QED) is 0.495. The molecule has 29 heavy (non-hydrogen) atoms. The molecule has 0 saturated carbocycles. The van der Waals surface area contributed by atoms with Gasteiger partial charge in [0.2, 0.25) is 5.39 Å². The van der Waals surface area contributed by atoms with E-state index in [4.69, 9.17) is 0 Å². The first-order valence-electron chi connectivity index (χ1n) is 9.19. The summed E-state index contributed by atoms with van der Waals surface area (Å²) >= 11 is 0. The minimum atomic E-state index is -3.86. The predicted octanol–water partition coefficient (Wildman–Crippen LogP) is 5.70. The zero-order valence-corrected chi connectivity index (χ0v) is 17.2. The van der Waals surface area contributed by atoms with Crippen molar-refractivity contribution in [3.8, 4) is 0 Å². The molecule has 3 aromatic carbocycles. The molecule has 5 nitrogen and oxygen atoms in total. The minimum Gasteiger partial charge on any atom is -0.254 e. The van der Waals surface area contributed by atoms with E-state index in [1.54, 1.807) is 54.6 Å². The first kappa shape index (κ1) is 20.3. The van der Waals surface area contributed by atoms with E-state index in [0.717, 1.165) is 16.7 Å². The van der Waals surface area contributed by atoms with Gasteiger partial charge in [-0.3, -0.25) is 4.31 Å². The van der Waals surface area contributed by atoms with Crippen LogP contribution >= 0.6 is 0 Å². The number of diazo groups is 1. The molecule has 0 heterocycles. The zero-order valence-electron chi connectivity index (χ0n) is 16.4. The molecule has 6 heteroatoms. The Labute approximate surface area is 171 Å². The topological polar surface area (TPSA) is 65.5 Å². The minimum absolute atomic E-state index is 0.0943. The van der Waals surface area contributed by atoms with Crippen molar-refractivity contribution in [2.75, 3.05) is 10.8 Å². The van der Waals surface area contributed by atoms with Crippen molar-refractivity contribution in [1.29, 1.82) is 5.39 Å². The Bertz CT molecular complexity index is 1180. The molecule has 0 aliphatic carbocycles. The number of sulfonamides is 1. The van der Waals surface area contributed by atoms with Crippen molar-refractivity contribution in [2.45, 2.75) is 18.7 Å². The first-order valence-corrected chi connectivity index (χ1v) is 10.6. The highest BCUT2D eigenvalue weighted by Crippen LogP contribution is 2.32. The zero-order chi connectivity index (χ0) is 20.9. The first-order chi connectivity index (χ1) is 13.9. The van der Waals surface area contributed by atoms with Gasteiger partial charge >= 0.3 is 5.69 Å². The summed E-state index contributed by atoms with van der Waals surface area (Å²) in [5, 5.41) is 9.37.